The summed E-state index contributed by atoms with van der Waals surface area (Å²) in [5.41, 5.74) is 3.93. The molecule has 0 amide bonds. The predicted octanol–water partition coefficient (Wildman–Crippen LogP) is 1.67. The summed E-state index contributed by atoms with van der Waals surface area (Å²) in [6.45, 7) is 0.984. The summed E-state index contributed by atoms with van der Waals surface area (Å²) < 4.78 is 5.33. The van der Waals surface area contributed by atoms with Gasteiger partial charge in [-0.15, -0.1) is 0 Å². The van der Waals surface area contributed by atoms with Crippen molar-refractivity contribution in [3.63, 3.8) is 0 Å². The first kappa shape index (κ1) is 15.2. The van der Waals surface area contributed by atoms with Gasteiger partial charge in [0.15, 0.2) is 0 Å². The number of hydrogen-bond acceptors (Lipinski definition) is 4. The van der Waals surface area contributed by atoms with Crippen LogP contribution in [0.25, 0.3) is 0 Å². The second-order valence-electron chi connectivity index (χ2n) is 4.62. The van der Waals surface area contributed by atoms with E-state index in [0.29, 0.717) is 5.02 Å². The third-order valence-corrected chi connectivity index (χ3v) is 3.10. The number of nitrogens with one attached hydrogen (secondary N) is 1. The molecule has 0 heterocycles. The molecule has 0 aromatic heterocycles. The Kier molecular flexibility index (Phi) is 6.43. The Morgan fingerprint density at radius 2 is 2.17 bits per heavy atom. The minimum absolute atomic E-state index is 0.208. The van der Waals surface area contributed by atoms with Crippen LogP contribution in [0.4, 0.5) is 0 Å². The molecule has 1 unspecified atom stereocenters. The molecule has 0 spiro atoms. The summed E-state index contributed by atoms with van der Waals surface area (Å²) in [6, 6.07) is 5.85. The third-order valence-electron chi connectivity index (χ3n) is 2.87. The lowest BCUT2D eigenvalue weighted by Crippen LogP contribution is -2.38. The normalized spacial score (nSPS) is 12.8. The summed E-state index contributed by atoms with van der Waals surface area (Å²) in [4.78, 5) is 2.14. The number of benzene rings is 1. The maximum absolute atomic E-state index is 6.01. The van der Waals surface area contributed by atoms with Gasteiger partial charge in [-0.2, -0.15) is 0 Å². The van der Waals surface area contributed by atoms with Crippen molar-refractivity contribution in [3.05, 3.63) is 28.8 Å². The first-order valence-corrected chi connectivity index (χ1v) is 6.38. The van der Waals surface area contributed by atoms with E-state index in [1.807, 2.05) is 32.3 Å². The van der Waals surface area contributed by atoms with Crippen LogP contribution in [-0.4, -0.2) is 38.7 Å². The molecule has 5 heteroatoms. The summed E-state index contributed by atoms with van der Waals surface area (Å²) in [5.74, 6) is 6.45. The smallest absolute Gasteiger partial charge is 0.122 e. The number of rotatable bonds is 7. The lowest BCUT2D eigenvalue weighted by Gasteiger charge is -2.19. The van der Waals surface area contributed by atoms with Crippen LogP contribution in [0.3, 0.4) is 0 Å². The number of methoxy groups -OCH3 is 1. The van der Waals surface area contributed by atoms with Crippen molar-refractivity contribution >= 4 is 11.6 Å². The molecule has 0 radical (unpaired) electrons. The van der Waals surface area contributed by atoms with Gasteiger partial charge in [0.2, 0.25) is 0 Å². The van der Waals surface area contributed by atoms with Crippen LogP contribution in [0.2, 0.25) is 5.02 Å². The van der Waals surface area contributed by atoms with Crippen molar-refractivity contribution in [2.45, 2.75) is 18.9 Å². The van der Waals surface area contributed by atoms with Gasteiger partial charge in [-0.25, -0.2) is 0 Å². The summed E-state index contributed by atoms with van der Waals surface area (Å²) >= 11 is 6.01. The lowest BCUT2D eigenvalue weighted by molar-refractivity contribution is 0.354. The van der Waals surface area contributed by atoms with E-state index >= 15 is 0 Å². The zero-order valence-corrected chi connectivity index (χ0v) is 12.0. The highest BCUT2D eigenvalue weighted by Gasteiger charge is 2.12. The molecule has 1 aromatic rings. The van der Waals surface area contributed by atoms with Gasteiger partial charge in [0, 0.05) is 11.1 Å². The quantitative estimate of drug-likeness (QED) is 0.585. The average molecular weight is 272 g/mol. The van der Waals surface area contributed by atoms with Gasteiger partial charge in [0.25, 0.3) is 0 Å². The van der Waals surface area contributed by atoms with Crippen LogP contribution < -0.4 is 16.0 Å². The van der Waals surface area contributed by atoms with Crippen LogP contribution in [0.1, 0.15) is 12.0 Å². The van der Waals surface area contributed by atoms with E-state index in [1.54, 1.807) is 7.11 Å². The van der Waals surface area contributed by atoms with Crippen molar-refractivity contribution in [1.82, 2.24) is 10.3 Å². The average Bonchev–Trinajstić information content (AvgIpc) is 2.34. The maximum atomic E-state index is 6.01. The highest BCUT2D eigenvalue weighted by atomic mass is 35.5. The number of hydrazine groups is 1. The summed E-state index contributed by atoms with van der Waals surface area (Å²) in [6.07, 6.45) is 1.77. The maximum Gasteiger partial charge on any atom is 0.122 e. The van der Waals surface area contributed by atoms with E-state index < -0.39 is 0 Å². The minimum Gasteiger partial charge on any atom is -0.496 e. The number of nitrogens with zero attached hydrogens (tertiary/aromatic N) is 1. The molecule has 1 aromatic carbocycles. The van der Waals surface area contributed by atoms with E-state index in [4.69, 9.17) is 22.2 Å². The monoisotopic (exact) mass is 271 g/mol. The van der Waals surface area contributed by atoms with E-state index in [1.165, 1.54) is 0 Å². The molecule has 4 nitrogen and oxygen atoms in total. The molecule has 3 N–H and O–H groups in total. The van der Waals surface area contributed by atoms with Crippen molar-refractivity contribution in [3.8, 4) is 5.75 Å². The number of hydrogen-bond donors (Lipinski definition) is 2. The molecule has 0 bridgehead atoms. The van der Waals surface area contributed by atoms with E-state index in [9.17, 15) is 0 Å². The van der Waals surface area contributed by atoms with Gasteiger partial charge < -0.3 is 9.64 Å². The Balaban J connectivity index is 2.71. The standard InChI is InChI=1S/C13H22ClN3O/c1-17(2)7-6-12(16-15)9-10-8-11(14)4-5-13(10)18-3/h4-5,8,12,16H,6-7,9,15H2,1-3H3. The Morgan fingerprint density at radius 3 is 2.72 bits per heavy atom. The molecule has 18 heavy (non-hydrogen) atoms. The molecule has 0 aliphatic carbocycles. The third kappa shape index (κ3) is 4.82. The topological polar surface area (TPSA) is 50.5 Å². The van der Waals surface area contributed by atoms with E-state index in [0.717, 1.165) is 30.7 Å². The molecule has 1 rings (SSSR count). The Hall–Kier alpha value is -0.810. The van der Waals surface area contributed by atoms with Gasteiger partial charge in [-0.1, -0.05) is 11.6 Å². The van der Waals surface area contributed by atoms with Crippen molar-refractivity contribution < 1.29 is 4.74 Å². The first-order chi connectivity index (χ1) is 8.56. The molecule has 0 aliphatic heterocycles. The Morgan fingerprint density at radius 1 is 1.44 bits per heavy atom. The van der Waals surface area contributed by atoms with Crippen LogP contribution in [0.15, 0.2) is 18.2 Å². The van der Waals surface area contributed by atoms with Crippen LogP contribution >= 0.6 is 11.6 Å². The minimum atomic E-state index is 0.208. The fourth-order valence-electron chi connectivity index (χ4n) is 1.83. The highest BCUT2D eigenvalue weighted by Crippen LogP contribution is 2.24. The van der Waals surface area contributed by atoms with E-state index in [2.05, 4.69) is 10.3 Å². The zero-order valence-electron chi connectivity index (χ0n) is 11.2. The molecule has 1 atom stereocenters. The molecule has 102 valence electrons. The van der Waals surface area contributed by atoms with Gasteiger partial charge in [-0.3, -0.25) is 11.3 Å². The molecule has 0 saturated heterocycles. The van der Waals surface area contributed by atoms with Crippen LogP contribution in [0.5, 0.6) is 5.75 Å². The van der Waals surface area contributed by atoms with Crippen LogP contribution in [0, 0.1) is 0 Å². The van der Waals surface area contributed by atoms with Crippen molar-refractivity contribution in [2.24, 2.45) is 5.84 Å². The first-order valence-electron chi connectivity index (χ1n) is 6.00. The van der Waals surface area contributed by atoms with Crippen molar-refractivity contribution in [1.29, 1.82) is 0 Å². The van der Waals surface area contributed by atoms with Gasteiger partial charge in [0.1, 0.15) is 5.75 Å². The zero-order chi connectivity index (χ0) is 13.5. The summed E-state index contributed by atoms with van der Waals surface area (Å²) in [5, 5.41) is 0.717. The highest BCUT2D eigenvalue weighted by molar-refractivity contribution is 6.30. The van der Waals surface area contributed by atoms with Crippen LogP contribution in [-0.2, 0) is 6.42 Å². The van der Waals surface area contributed by atoms with E-state index in [-0.39, 0.29) is 6.04 Å². The molecule has 0 fully saturated rings. The fraction of sp³-hybridized carbons (Fsp3) is 0.538. The SMILES string of the molecule is COc1ccc(Cl)cc1CC(CCN(C)C)NN. The largest absolute Gasteiger partial charge is 0.496 e. The fourth-order valence-corrected chi connectivity index (χ4v) is 2.03. The molecule has 0 aliphatic rings. The molecular formula is C13H22ClN3O. The van der Waals surface area contributed by atoms with Crippen molar-refractivity contribution in [2.75, 3.05) is 27.7 Å². The predicted molar refractivity (Wildman–Crippen MR) is 76.0 cm³/mol. The second kappa shape index (κ2) is 7.59. The number of ether oxygens (including phenoxy) is 1. The van der Waals surface area contributed by atoms with Gasteiger partial charge in [-0.05, 0) is 57.2 Å². The van der Waals surface area contributed by atoms with Gasteiger partial charge >= 0.3 is 0 Å². The number of nitrogens with two attached hydrogens (primary N) is 1. The summed E-state index contributed by atoms with van der Waals surface area (Å²) in [7, 11) is 5.76. The molecule has 0 saturated carbocycles. The Bertz CT molecular complexity index is 371. The molecular weight excluding hydrogens is 250 g/mol. The second-order valence-corrected chi connectivity index (χ2v) is 5.05. The lowest BCUT2D eigenvalue weighted by atomic mass is 10.0. The number of halogens is 1. The Labute approximate surface area is 114 Å². The van der Waals surface area contributed by atoms with Gasteiger partial charge in [0.05, 0.1) is 7.11 Å².